The fourth-order valence-electron chi connectivity index (χ4n) is 3.03. The third-order valence-corrected chi connectivity index (χ3v) is 6.22. The number of halogens is 4. The van der Waals surface area contributed by atoms with Crippen molar-refractivity contribution in [3.05, 3.63) is 88.5 Å². The molecule has 1 heterocycles. The average Bonchev–Trinajstić information content (AvgIpc) is 2.78. The van der Waals surface area contributed by atoms with Gasteiger partial charge in [0.05, 0.1) is 5.02 Å². The molecule has 8 heteroatoms. The van der Waals surface area contributed by atoms with Gasteiger partial charge in [0.2, 0.25) is 0 Å². The Balaban J connectivity index is 1.66. The van der Waals surface area contributed by atoms with E-state index in [0.29, 0.717) is 9.92 Å². The van der Waals surface area contributed by atoms with Gasteiger partial charge >= 0.3 is 0 Å². The normalized spacial score (nSPS) is 12.4. The number of carbonyl (C=O) groups excluding carboxylic acids is 1. The molecule has 3 aromatic rings. The molecule has 2 atom stereocenters. The van der Waals surface area contributed by atoms with Gasteiger partial charge in [-0.05, 0) is 36.8 Å². The van der Waals surface area contributed by atoms with Crippen molar-refractivity contribution in [1.82, 2.24) is 4.98 Å². The zero-order valence-corrected chi connectivity index (χ0v) is 19.4. The van der Waals surface area contributed by atoms with Gasteiger partial charge in [0.25, 0.3) is 5.91 Å². The quantitative estimate of drug-likeness (QED) is 0.231. The highest BCUT2D eigenvalue weighted by Gasteiger charge is 2.16. The molecule has 0 saturated heterocycles. The average molecular weight is 489 g/mol. The molecular weight excluding hydrogens is 469 g/mol. The lowest BCUT2D eigenvalue weighted by Gasteiger charge is -2.15. The van der Waals surface area contributed by atoms with Gasteiger partial charge in [0.1, 0.15) is 0 Å². The number of rotatable bonds is 6. The smallest absolute Gasteiger partial charge is 0.255 e. The lowest BCUT2D eigenvalue weighted by Crippen LogP contribution is -2.13. The van der Waals surface area contributed by atoms with E-state index in [1.807, 2.05) is 26.0 Å². The second kappa shape index (κ2) is 11.3. The first-order valence-electron chi connectivity index (χ1n) is 10.1. The van der Waals surface area contributed by atoms with E-state index in [0.717, 1.165) is 24.1 Å². The lowest BCUT2D eigenvalue weighted by molar-refractivity contribution is 0.102. The number of hydrogen-bond acceptors (Lipinski definition) is 3. The summed E-state index contributed by atoms with van der Waals surface area (Å²) in [6, 6.07) is 9.85. The van der Waals surface area contributed by atoms with Crippen molar-refractivity contribution in [1.29, 1.82) is 0 Å². The number of amides is 1. The molecular formula is C25H20ClF3N2OS. The first-order valence-corrected chi connectivity index (χ1v) is 11.3. The Labute approximate surface area is 199 Å². The predicted molar refractivity (Wildman–Crippen MR) is 126 cm³/mol. The van der Waals surface area contributed by atoms with E-state index in [4.69, 9.17) is 11.6 Å². The van der Waals surface area contributed by atoms with Gasteiger partial charge in [-0.1, -0.05) is 37.3 Å². The summed E-state index contributed by atoms with van der Waals surface area (Å²) >= 11 is 7.82. The fourth-order valence-corrected chi connectivity index (χ4v) is 4.47. The summed E-state index contributed by atoms with van der Waals surface area (Å²) in [6.07, 6.45) is 4.19. The van der Waals surface area contributed by atoms with E-state index in [1.54, 1.807) is 24.5 Å². The molecule has 170 valence electrons. The summed E-state index contributed by atoms with van der Waals surface area (Å²) in [7, 11) is 0. The molecule has 3 rings (SSSR count). The highest BCUT2D eigenvalue weighted by molar-refractivity contribution is 8.00. The minimum absolute atomic E-state index is 0.134. The second-order valence-corrected chi connectivity index (χ2v) is 9.31. The van der Waals surface area contributed by atoms with Crippen LogP contribution < -0.4 is 5.32 Å². The molecule has 0 spiro atoms. The van der Waals surface area contributed by atoms with Gasteiger partial charge in [0.15, 0.2) is 17.5 Å². The Hall–Kier alpha value is -2.95. The van der Waals surface area contributed by atoms with Gasteiger partial charge in [-0.25, -0.2) is 13.2 Å². The predicted octanol–water partition coefficient (Wildman–Crippen LogP) is 6.96. The van der Waals surface area contributed by atoms with Crippen molar-refractivity contribution < 1.29 is 18.0 Å². The largest absolute Gasteiger partial charge is 0.322 e. The van der Waals surface area contributed by atoms with E-state index < -0.39 is 23.4 Å². The summed E-state index contributed by atoms with van der Waals surface area (Å²) in [5.74, 6) is 1.54. The molecule has 0 aliphatic carbocycles. The molecule has 1 aromatic heterocycles. The highest BCUT2D eigenvalue weighted by Crippen LogP contribution is 2.34. The summed E-state index contributed by atoms with van der Waals surface area (Å²) in [5.41, 5.74) is 0.972. The second-order valence-electron chi connectivity index (χ2n) is 7.42. The molecule has 0 aliphatic rings. The van der Waals surface area contributed by atoms with Crippen molar-refractivity contribution in [2.24, 2.45) is 5.92 Å². The number of thioether (sulfide) groups is 1. The van der Waals surface area contributed by atoms with Crippen LogP contribution in [0.4, 0.5) is 18.9 Å². The lowest BCUT2D eigenvalue weighted by atomic mass is 10.1. The summed E-state index contributed by atoms with van der Waals surface area (Å²) in [6.45, 7) is 4.08. The SMILES string of the molecule is CC(C#Cc1ccncc1)CC(C)Sc1cc(C(=O)Nc2cc(F)c(F)c(F)c2)ccc1Cl. The molecule has 0 aliphatic heterocycles. The van der Waals surface area contributed by atoms with Crippen molar-refractivity contribution in [2.45, 2.75) is 30.4 Å². The minimum Gasteiger partial charge on any atom is -0.322 e. The number of carbonyl (C=O) groups is 1. The first-order chi connectivity index (χ1) is 15.7. The first kappa shape index (κ1) is 24.7. The molecule has 1 N–H and O–H groups in total. The third kappa shape index (κ3) is 7.01. The Kier molecular flexibility index (Phi) is 8.43. The standard InChI is InChI=1S/C25H20ClF3N2OS/c1-15(3-4-17-7-9-30-10-8-17)11-16(2)33-23-12-18(5-6-20(23)26)25(32)31-19-13-21(27)24(29)22(28)14-19/h5-10,12-16H,11H2,1-2H3,(H,31,32). The molecule has 33 heavy (non-hydrogen) atoms. The Morgan fingerprint density at radius 1 is 1.09 bits per heavy atom. The maximum absolute atomic E-state index is 13.4. The van der Waals surface area contributed by atoms with Crippen LogP contribution in [0.2, 0.25) is 5.02 Å². The monoisotopic (exact) mass is 488 g/mol. The van der Waals surface area contributed by atoms with Crippen LogP contribution in [0.15, 0.2) is 59.8 Å². The number of nitrogens with one attached hydrogen (secondary N) is 1. The number of aromatic nitrogens is 1. The van der Waals surface area contributed by atoms with Crippen molar-refractivity contribution in [2.75, 3.05) is 5.32 Å². The Morgan fingerprint density at radius 3 is 2.42 bits per heavy atom. The van der Waals surface area contributed by atoms with E-state index in [-0.39, 0.29) is 22.4 Å². The molecule has 0 radical (unpaired) electrons. The van der Waals surface area contributed by atoms with Crippen LogP contribution in [0, 0.1) is 35.2 Å². The number of nitrogens with zero attached hydrogens (tertiary/aromatic N) is 1. The van der Waals surface area contributed by atoms with Crippen molar-refractivity contribution in [3.63, 3.8) is 0 Å². The van der Waals surface area contributed by atoms with Gasteiger partial charge in [-0.2, -0.15) is 0 Å². The zero-order valence-electron chi connectivity index (χ0n) is 17.8. The van der Waals surface area contributed by atoms with Crippen LogP contribution in [-0.2, 0) is 0 Å². The molecule has 3 nitrogen and oxygen atoms in total. The van der Waals surface area contributed by atoms with Crippen LogP contribution in [0.5, 0.6) is 0 Å². The summed E-state index contributed by atoms with van der Waals surface area (Å²) in [5, 5.41) is 3.01. The molecule has 1 amide bonds. The van der Waals surface area contributed by atoms with Gasteiger partial charge in [-0.15, -0.1) is 11.8 Å². The molecule has 2 aromatic carbocycles. The number of pyridine rings is 1. The Morgan fingerprint density at radius 2 is 1.76 bits per heavy atom. The Bertz CT molecular complexity index is 1190. The zero-order chi connectivity index (χ0) is 24.0. The summed E-state index contributed by atoms with van der Waals surface area (Å²) < 4.78 is 39.9. The van der Waals surface area contributed by atoms with Crippen LogP contribution >= 0.6 is 23.4 Å². The minimum atomic E-state index is -1.59. The van der Waals surface area contributed by atoms with Crippen LogP contribution in [-0.4, -0.2) is 16.1 Å². The van der Waals surface area contributed by atoms with E-state index in [2.05, 4.69) is 22.1 Å². The van der Waals surface area contributed by atoms with E-state index in [9.17, 15) is 18.0 Å². The molecule has 0 fully saturated rings. The maximum atomic E-state index is 13.4. The molecule has 2 unspecified atom stereocenters. The summed E-state index contributed by atoms with van der Waals surface area (Å²) in [4.78, 5) is 17.2. The molecule has 0 bridgehead atoms. The van der Waals surface area contributed by atoms with Gasteiger partial charge in [0, 0.05) is 57.4 Å². The molecule has 0 saturated carbocycles. The number of hydrogen-bond donors (Lipinski definition) is 1. The van der Waals surface area contributed by atoms with Gasteiger partial charge in [-0.3, -0.25) is 9.78 Å². The number of benzene rings is 2. The van der Waals surface area contributed by atoms with E-state index in [1.165, 1.54) is 17.8 Å². The maximum Gasteiger partial charge on any atom is 0.255 e. The fraction of sp³-hybridized carbons (Fsp3) is 0.200. The van der Waals surface area contributed by atoms with Crippen LogP contribution in [0.25, 0.3) is 0 Å². The topological polar surface area (TPSA) is 42.0 Å². The van der Waals surface area contributed by atoms with Gasteiger partial charge < -0.3 is 5.32 Å². The third-order valence-electron chi connectivity index (χ3n) is 4.59. The highest BCUT2D eigenvalue weighted by atomic mass is 35.5. The number of anilines is 1. The van der Waals surface area contributed by atoms with Crippen LogP contribution in [0.3, 0.4) is 0 Å². The van der Waals surface area contributed by atoms with Crippen molar-refractivity contribution >= 4 is 35.0 Å². The van der Waals surface area contributed by atoms with Crippen LogP contribution in [0.1, 0.15) is 36.2 Å². The van der Waals surface area contributed by atoms with E-state index >= 15 is 0 Å². The van der Waals surface area contributed by atoms with Crippen molar-refractivity contribution in [3.8, 4) is 11.8 Å².